The molecule has 0 fully saturated rings. The number of amides is 2. The zero-order chi connectivity index (χ0) is 15.8. The first kappa shape index (κ1) is 17.1. The highest BCUT2D eigenvalue weighted by Crippen LogP contribution is 2.10. The number of rotatable bonds is 7. The quantitative estimate of drug-likeness (QED) is 0.654. The molecular formula is C13H15BrN2O5. The molecule has 1 aromatic rings. The summed E-state index contributed by atoms with van der Waals surface area (Å²) in [6.45, 7) is -0.413. The Labute approximate surface area is 129 Å². The Bertz CT molecular complexity index is 518. The molecule has 0 aliphatic heterocycles. The summed E-state index contributed by atoms with van der Waals surface area (Å²) in [5, 5.41) is 13.5. The molecule has 1 aromatic carbocycles. The fraction of sp³-hybridized carbons (Fsp3) is 0.308. The van der Waals surface area contributed by atoms with Gasteiger partial charge in [-0.3, -0.25) is 9.59 Å². The van der Waals surface area contributed by atoms with Gasteiger partial charge in [-0.25, -0.2) is 4.79 Å². The number of nitrogens with one attached hydrogen (secondary N) is 2. The van der Waals surface area contributed by atoms with E-state index < -0.39 is 18.0 Å². The molecule has 0 radical (unpaired) electrons. The summed E-state index contributed by atoms with van der Waals surface area (Å²) in [4.78, 5) is 33.9. The van der Waals surface area contributed by atoms with Gasteiger partial charge < -0.3 is 20.5 Å². The van der Waals surface area contributed by atoms with Gasteiger partial charge in [0.15, 0.2) is 6.10 Å². The molecule has 0 saturated heterocycles. The Morgan fingerprint density at radius 2 is 1.86 bits per heavy atom. The molecule has 0 saturated carbocycles. The van der Waals surface area contributed by atoms with Crippen LogP contribution in [0.5, 0.6) is 0 Å². The first-order valence-electron chi connectivity index (χ1n) is 6.00. The number of hydrogen-bond acceptors (Lipinski definition) is 4. The lowest BCUT2D eigenvalue weighted by Gasteiger charge is -2.11. The van der Waals surface area contributed by atoms with Crippen molar-refractivity contribution in [3.63, 3.8) is 0 Å². The predicted octanol–water partition coefficient (Wildman–Crippen LogP) is 0.395. The Morgan fingerprint density at radius 3 is 2.38 bits per heavy atom. The van der Waals surface area contributed by atoms with Crippen molar-refractivity contribution in [2.24, 2.45) is 0 Å². The van der Waals surface area contributed by atoms with Gasteiger partial charge in [-0.1, -0.05) is 15.9 Å². The molecule has 3 N–H and O–H groups in total. The minimum Gasteiger partial charge on any atom is -0.479 e. The van der Waals surface area contributed by atoms with Crippen LogP contribution in [0.25, 0.3) is 0 Å². The highest BCUT2D eigenvalue weighted by atomic mass is 79.9. The van der Waals surface area contributed by atoms with E-state index in [9.17, 15) is 14.4 Å². The van der Waals surface area contributed by atoms with Gasteiger partial charge >= 0.3 is 5.97 Å². The number of ether oxygens (including phenoxy) is 1. The van der Waals surface area contributed by atoms with Crippen LogP contribution in [0, 0.1) is 0 Å². The van der Waals surface area contributed by atoms with E-state index in [0.717, 1.165) is 4.47 Å². The topological polar surface area (TPSA) is 105 Å². The molecule has 0 heterocycles. The first-order chi connectivity index (χ1) is 9.93. The third kappa shape index (κ3) is 5.92. The van der Waals surface area contributed by atoms with Crippen molar-refractivity contribution >= 4 is 33.7 Å². The van der Waals surface area contributed by atoms with Crippen molar-refractivity contribution in [3.8, 4) is 0 Å². The lowest BCUT2D eigenvalue weighted by atomic mass is 10.2. The van der Waals surface area contributed by atoms with Gasteiger partial charge in [0.1, 0.15) is 0 Å². The predicted molar refractivity (Wildman–Crippen MR) is 77.9 cm³/mol. The Balaban J connectivity index is 2.37. The maximum absolute atomic E-state index is 11.7. The number of hydrogen-bond donors (Lipinski definition) is 3. The van der Waals surface area contributed by atoms with Crippen molar-refractivity contribution in [1.82, 2.24) is 10.6 Å². The average molecular weight is 359 g/mol. The van der Waals surface area contributed by atoms with E-state index in [1.54, 1.807) is 24.3 Å². The van der Waals surface area contributed by atoms with Crippen LogP contribution < -0.4 is 10.6 Å². The molecular weight excluding hydrogens is 344 g/mol. The van der Waals surface area contributed by atoms with Gasteiger partial charge in [-0.05, 0) is 24.3 Å². The molecule has 7 nitrogen and oxygen atoms in total. The minimum absolute atomic E-state index is 0.168. The Kier molecular flexibility index (Phi) is 6.83. The largest absolute Gasteiger partial charge is 0.479 e. The Hall–Kier alpha value is -1.93. The number of methoxy groups -OCH3 is 1. The number of benzene rings is 1. The summed E-state index contributed by atoms with van der Waals surface area (Å²) in [7, 11) is 1.24. The molecule has 0 aliphatic rings. The van der Waals surface area contributed by atoms with E-state index in [1.807, 2.05) is 0 Å². The van der Waals surface area contributed by atoms with E-state index in [1.165, 1.54) is 7.11 Å². The second kappa shape index (κ2) is 8.38. The van der Waals surface area contributed by atoms with Crippen LogP contribution in [0.15, 0.2) is 28.7 Å². The SMILES string of the molecule is COC(CNC(=O)CNC(=O)c1ccc(Br)cc1)C(=O)O. The van der Waals surface area contributed by atoms with Crippen LogP contribution in [0.1, 0.15) is 10.4 Å². The second-order valence-corrected chi connectivity index (χ2v) is 4.97. The van der Waals surface area contributed by atoms with Crippen LogP contribution in [0.3, 0.4) is 0 Å². The minimum atomic E-state index is -1.17. The van der Waals surface area contributed by atoms with Crippen LogP contribution in [-0.2, 0) is 14.3 Å². The van der Waals surface area contributed by atoms with Crippen LogP contribution in [0.2, 0.25) is 0 Å². The summed E-state index contributed by atoms with van der Waals surface area (Å²) < 4.78 is 5.51. The molecule has 0 aliphatic carbocycles. The average Bonchev–Trinajstić information content (AvgIpc) is 2.45. The number of carboxylic acid groups (broad SMARTS) is 1. The number of aliphatic carboxylic acids is 1. The summed E-state index contributed by atoms with van der Waals surface area (Å²) in [6.07, 6.45) is -1.11. The molecule has 0 aromatic heterocycles. The van der Waals surface area contributed by atoms with Crippen molar-refractivity contribution in [1.29, 1.82) is 0 Å². The van der Waals surface area contributed by atoms with Gasteiger partial charge in [0.05, 0.1) is 13.1 Å². The van der Waals surface area contributed by atoms with Crippen molar-refractivity contribution in [2.45, 2.75) is 6.10 Å². The van der Waals surface area contributed by atoms with Gasteiger partial charge in [0, 0.05) is 17.1 Å². The lowest BCUT2D eigenvalue weighted by molar-refractivity contribution is -0.148. The number of halogens is 1. The maximum Gasteiger partial charge on any atom is 0.334 e. The van der Waals surface area contributed by atoms with E-state index in [0.29, 0.717) is 5.56 Å². The Morgan fingerprint density at radius 1 is 1.24 bits per heavy atom. The highest BCUT2D eigenvalue weighted by Gasteiger charge is 2.17. The number of carbonyl (C=O) groups is 3. The van der Waals surface area contributed by atoms with Gasteiger partial charge in [0.25, 0.3) is 5.91 Å². The fourth-order valence-corrected chi connectivity index (χ4v) is 1.67. The van der Waals surface area contributed by atoms with Gasteiger partial charge in [0.2, 0.25) is 5.91 Å². The zero-order valence-corrected chi connectivity index (χ0v) is 12.8. The normalized spacial score (nSPS) is 11.5. The zero-order valence-electron chi connectivity index (χ0n) is 11.3. The van der Waals surface area contributed by atoms with Crippen LogP contribution in [0.4, 0.5) is 0 Å². The van der Waals surface area contributed by atoms with Gasteiger partial charge in [-0.2, -0.15) is 0 Å². The summed E-state index contributed by atoms with van der Waals surface area (Å²) in [6, 6.07) is 6.65. The van der Waals surface area contributed by atoms with Crippen molar-refractivity contribution < 1.29 is 24.2 Å². The standard InChI is InChI=1S/C13H15BrN2O5/c1-21-10(13(19)20)6-15-11(17)7-16-12(18)8-2-4-9(14)5-3-8/h2-5,10H,6-7H2,1H3,(H,15,17)(H,16,18)(H,19,20). The molecule has 8 heteroatoms. The van der Waals surface area contributed by atoms with E-state index in [2.05, 4.69) is 31.3 Å². The van der Waals surface area contributed by atoms with E-state index >= 15 is 0 Å². The van der Waals surface area contributed by atoms with E-state index in [4.69, 9.17) is 5.11 Å². The molecule has 2 amide bonds. The third-order valence-electron chi connectivity index (χ3n) is 2.56. The van der Waals surface area contributed by atoms with Crippen molar-refractivity contribution in [2.75, 3.05) is 20.2 Å². The van der Waals surface area contributed by atoms with Crippen molar-refractivity contribution in [3.05, 3.63) is 34.3 Å². The summed E-state index contributed by atoms with van der Waals surface area (Å²) in [5.41, 5.74) is 0.423. The molecule has 1 rings (SSSR count). The second-order valence-electron chi connectivity index (χ2n) is 4.06. The third-order valence-corrected chi connectivity index (χ3v) is 3.09. The first-order valence-corrected chi connectivity index (χ1v) is 6.79. The number of carbonyl (C=O) groups excluding carboxylic acids is 2. The molecule has 1 unspecified atom stereocenters. The lowest BCUT2D eigenvalue weighted by Crippen LogP contribution is -2.42. The summed E-state index contributed by atoms with van der Waals surface area (Å²) in [5.74, 6) is -2.06. The smallest absolute Gasteiger partial charge is 0.334 e. The monoisotopic (exact) mass is 358 g/mol. The van der Waals surface area contributed by atoms with Gasteiger partial charge in [-0.15, -0.1) is 0 Å². The van der Waals surface area contributed by atoms with E-state index in [-0.39, 0.29) is 19.0 Å². The maximum atomic E-state index is 11.7. The van der Waals surface area contributed by atoms with Crippen LogP contribution in [-0.4, -0.2) is 49.2 Å². The molecule has 114 valence electrons. The molecule has 0 bridgehead atoms. The molecule has 21 heavy (non-hydrogen) atoms. The molecule has 0 spiro atoms. The highest BCUT2D eigenvalue weighted by molar-refractivity contribution is 9.10. The van der Waals surface area contributed by atoms with Crippen LogP contribution >= 0.6 is 15.9 Å². The fourth-order valence-electron chi connectivity index (χ4n) is 1.40. The number of carboxylic acids is 1. The molecule has 1 atom stereocenters. The summed E-state index contributed by atoms with van der Waals surface area (Å²) >= 11 is 3.25.